The molecule has 1 aromatic carbocycles. The highest BCUT2D eigenvalue weighted by Crippen LogP contribution is 2.38. The van der Waals surface area contributed by atoms with Crippen LogP contribution < -0.4 is 4.43 Å². The Morgan fingerprint density at radius 2 is 1.50 bits per heavy atom. The highest BCUT2D eigenvalue weighted by molar-refractivity contribution is 7.17. The number of nitrogens with zero attached hydrogens (tertiary/aromatic N) is 3. The number of ether oxygens (including phenoxy) is 2. The molecule has 0 atom stereocenters. The van der Waals surface area contributed by atoms with E-state index < -0.39 is 32.4 Å². The minimum Gasteiger partial charge on any atom is -0.542 e. The topological polar surface area (TPSA) is 84.6 Å². The first-order chi connectivity index (χ1) is 17.4. The summed E-state index contributed by atoms with van der Waals surface area (Å²) in [5.41, 5.74) is 0.901. The Balaban J connectivity index is 1.91. The molecule has 0 spiro atoms. The minimum atomic E-state index is -1.16. The van der Waals surface area contributed by atoms with Crippen molar-refractivity contribution in [2.24, 2.45) is 0 Å². The van der Waals surface area contributed by atoms with E-state index in [4.69, 9.17) is 13.9 Å². The van der Waals surface area contributed by atoms with Crippen molar-refractivity contribution >= 4 is 53.7 Å². The molecule has 0 amide bonds. The summed E-state index contributed by atoms with van der Waals surface area (Å²) >= 11 is 1.45. The van der Waals surface area contributed by atoms with Gasteiger partial charge in [0.15, 0.2) is 0 Å². The Hall–Kier alpha value is -3.11. The predicted molar refractivity (Wildman–Crippen MR) is 154 cm³/mol. The summed E-state index contributed by atoms with van der Waals surface area (Å²) in [6.45, 7) is 19.5. The van der Waals surface area contributed by atoms with Crippen molar-refractivity contribution in [2.45, 2.75) is 85.1 Å². The van der Waals surface area contributed by atoms with Gasteiger partial charge in [-0.1, -0.05) is 20.8 Å². The largest absolute Gasteiger partial charge is 0.542 e. The van der Waals surface area contributed by atoms with Gasteiger partial charge in [0.1, 0.15) is 22.6 Å². The summed E-state index contributed by atoms with van der Waals surface area (Å²) in [6, 6.07) is 9.45. The zero-order valence-corrected chi connectivity index (χ0v) is 25.6. The molecule has 4 aromatic rings. The van der Waals surface area contributed by atoms with Crippen molar-refractivity contribution in [1.29, 1.82) is 0 Å². The number of carbonyl (C=O) groups excluding carboxylic acids is 2. The highest BCUT2D eigenvalue weighted by Gasteiger charge is 2.30. The maximum absolute atomic E-state index is 13.6. The summed E-state index contributed by atoms with van der Waals surface area (Å²) < 4.78 is 21.3. The molecule has 0 aliphatic heterocycles. The van der Waals surface area contributed by atoms with Crippen molar-refractivity contribution in [2.75, 3.05) is 0 Å². The standard InChI is InChI=1S/C28H36N3O5SSi/c1-26(2,3)34-24(32)30-20-16-18(36-38(10)28(7,8)9)12-11-17(20)15-21(30)22-23-19(13-14-37-23)31(29-22)25(33)35-27(4,5)6/h11-16H,1-10H3. The van der Waals surface area contributed by atoms with Gasteiger partial charge in [0, 0.05) is 11.5 Å². The van der Waals surface area contributed by atoms with Crippen molar-refractivity contribution in [3.05, 3.63) is 35.7 Å². The lowest BCUT2D eigenvalue weighted by atomic mass is 10.2. The van der Waals surface area contributed by atoms with Crippen molar-refractivity contribution < 1.29 is 23.5 Å². The van der Waals surface area contributed by atoms with Gasteiger partial charge in [-0.15, -0.1) is 11.3 Å². The first-order valence-corrected chi connectivity index (χ1v) is 15.3. The zero-order valence-electron chi connectivity index (χ0n) is 23.8. The molecule has 3 aromatic heterocycles. The molecule has 0 bridgehead atoms. The monoisotopic (exact) mass is 554 g/mol. The van der Waals surface area contributed by atoms with Gasteiger partial charge in [-0.3, -0.25) is 0 Å². The molecule has 203 valence electrons. The quantitative estimate of drug-likeness (QED) is 0.238. The van der Waals surface area contributed by atoms with Gasteiger partial charge < -0.3 is 13.9 Å². The first-order valence-electron chi connectivity index (χ1n) is 12.6. The van der Waals surface area contributed by atoms with E-state index in [1.165, 1.54) is 20.6 Å². The lowest BCUT2D eigenvalue weighted by molar-refractivity contribution is 0.0520. The van der Waals surface area contributed by atoms with Gasteiger partial charge in [0.2, 0.25) is 0 Å². The Bertz CT molecular complexity index is 1510. The maximum Gasteiger partial charge on any atom is 0.435 e. The second-order valence-corrected chi connectivity index (χ2v) is 16.1. The molecule has 0 saturated carbocycles. The molecule has 1 radical (unpaired) electrons. The van der Waals surface area contributed by atoms with Crippen molar-refractivity contribution in [1.82, 2.24) is 14.3 Å². The summed E-state index contributed by atoms with van der Waals surface area (Å²) in [5.74, 6) is 0.693. The summed E-state index contributed by atoms with van der Waals surface area (Å²) in [5, 5.41) is 7.40. The number of benzene rings is 1. The molecule has 8 nitrogen and oxygen atoms in total. The summed E-state index contributed by atoms with van der Waals surface area (Å²) in [7, 11) is -1.16. The van der Waals surface area contributed by atoms with Gasteiger partial charge in [-0.2, -0.15) is 9.78 Å². The fourth-order valence-corrected chi connectivity index (χ4v) is 5.36. The van der Waals surface area contributed by atoms with Crippen molar-refractivity contribution in [3.8, 4) is 17.1 Å². The van der Waals surface area contributed by atoms with Crippen molar-refractivity contribution in [3.63, 3.8) is 0 Å². The van der Waals surface area contributed by atoms with Crippen LogP contribution in [0.3, 0.4) is 0 Å². The second kappa shape index (κ2) is 9.57. The van der Waals surface area contributed by atoms with Crippen LogP contribution in [0.25, 0.3) is 32.5 Å². The van der Waals surface area contributed by atoms with Crippen LogP contribution in [0.5, 0.6) is 5.75 Å². The number of hydrogen-bond acceptors (Lipinski definition) is 7. The maximum atomic E-state index is 13.6. The van der Waals surface area contributed by atoms with Crippen LogP contribution in [0.4, 0.5) is 9.59 Å². The molecule has 0 aliphatic carbocycles. The molecule has 0 unspecified atom stereocenters. The molecule has 10 heteroatoms. The number of fused-ring (bicyclic) bond motifs is 2. The van der Waals surface area contributed by atoms with Gasteiger partial charge in [-0.25, -0.2) is 14.2 Å². The minimum absolute atomic E-state index is 0.0389. The predicted octanol–water partition coefficient (Wildman–Crippen LogP) is 8.09. The van der Waals surface area contributed by atoms with E-state index in [-0.39, 0.29) is 5.04 Å². The van der Waals surface area contributed by atoms with E-state index in [2.05, 4.69) is 32.4 Å². The third kappa shape index (κ3) is 5.81. The molecule has 0 saturated heterocycles. The second-order valence-electron chi connectivity index (χ2n) is 12.3. The van der Waals surface area contributed by atoms with Crippen LogP contribution in [0, 0.1) is 0 Å². The lowest BCUT2D eigenvalue weighted by Crippen LogP contribution is -2.29. The Morgan fingerprint density at radius 3 is 2.11 bits per heavy atom. The van der Waals surface area contributed by atoms with Gasteiger partial charge in [0.25, 0.3) is 9.04 Å². The molecular weight excluding hydrogens is 518 g/mol. The van der Waals surface area contributed by atoms with Gasteiger partial charge >= 0.3 is 12.2 Å². The van der Waals surface area contributed by atoms with Crippen LogP contribution in [-0.4, -0.2) is 46.8 Å². The van der Waals surface area contributed by atoms with E-state index in [0.717, 1.165) is 10.1 Å². The SMILES string of the molecule is C[Si](Oc1ccc2cc(-c3nn(C(=O)OC(C)(C)C)c4ccsc34)n(C(=O)OC(C)(C)C)c2c1)C(C)(C)C. The lowest BCUT2D eigenvalue weighted by Gasteiger charge is -2.25. The molecule has 4 rings (SSSR count). The van der Waals surface area contributed by atoms with Crippen LogP contribution in [0.15, 0.2) is 35.7 Å². The van der Waals surface area contributed by atoms with E-state index in [0.29, 0.717) is 28.2 Å². The molecule has 0 N–H and O–H groups in total. The zero-order chi connectivity index (χ0) is 28.2. The number of aromatic nitrogens is 3. The average molecular weight is 555 g/mol. The van der Waals surface area contributed by atoms with E-state index >= 15 is 0 Å². The fourth-order valence-electron chi connectivity index (χ4n) is 3.71. The third-order valence-corrected chi connectivity index (χ3v) is 9.34. The summed E-state index contributed by atoms with van der Waals surface area (Å²) in [6.07, 6.45) is -1.11. The number of hydrogen-bond donors (Lipinski definition) is 0. The average Bonchev–Trinajstić information content (AvgIpc) is 3.43. The Kier molecular flexibility index (Phi) is 7.03. The van der Waals surface area contributed by atoms with Gasteiger partial charge in [0.05, 0.1) is 21.4 Å². The molecule has 38 heavy (non-hydrogen) atoms. The van der Waals surface area contributed by atoms with Crippen LogP contribution >= 0.6 is 11.3 Å². The smallest absolute Gasteiger partial charge is 0.435 e. The Morgan fingerprint density at radius 1 is 0.868 bits per heavy atom. The van der Waals surface area contributed by atoms with E-state index in [1.807, 2.05) is 77.3 Å². The molecular formula is C28H36N3O5SSi. The third-order valence-electron chi connectivity index (χ3n) is 5.78. The number of rotatable bonds is 3. The fraction of sp³-hybridized carbons (Fsp3) is 0.464. The van der Waals surface area contributed by atoms with Crippen LogP contribution in [0.1, 0.15) is 62.3 Å². The van der Waals surface area contributed by atoms with E-state index in [1.54, 1.807) is 0 Å². The molecule has 3 heterocycles. The molecule has 0 aliphatic rings. The first kappa shape index (κ1) is 27.9. The number of thiophene rings is 1. The van der Waals surface area contributed by atoms with Crippen LogP contribution in [-0.2, 0) is 9.47 Å². The van der Waals surface area contributed by atoms with Crippen LogP contribution in [0.2, 0.25) is 11.6 Å². The highest BCUT2D eigenvalue weighted by atomic mass is 32.1. The normalized spacial score (nSPS) is 12.9. The van der Waals surface area contributed by atoms with E-state index in [9.17, 15) is 9.59 Å². The molecule has 0 fully saturated rings. The summed E-state index contributed by atoms with van der Waals surface area (Å²) in [4.78, 5) is 26.6. The Labute approximate surface area is 229 Å². The number of carbonyl (C=O) groups is 2. The van der Waals surface area contributed by atoms with Gasteiger partial charge in [-0.05, 0) is 82.8 Å².